The van der Waals surface area contributed by atoms with E-state index >= 15 is 0 Å². The minimum Gasteiger partial charge on any atom is -0.336 e. The van der Waals surface area contributed by atoms with Crippen LogP contribution in [0.2, 0.25) is 0 Å². The Hall–Kier alpha value is -1.88. The number of amides is 2. The maximum absolute atomic E-state index is 12.0. The Morgan fingerprint density at radius 2 is 2.00 bits per heavy atom. The van der Waals surface area contributed by atoms with Crippen LogP contribution in [0.3, 0.4) is 0 Å². The van der Waals surface area contributed by atoms with Crippen molar-refractivity contribution in [2.45, 2.75) is 52.6 Å². The standard InChI is InChI=1S/C19H29N3O2/c1-14(2)22(15(3)23)13-17-4-7-18(8-5-17)21-19(24)9-6-16-10-11-20-12-16/h4-5,7-8,14,16,20H,6,9-13H2,1-3H3,(H,21,24). The summed E-state index contributed by atoms with van der Waals surface area (Å²) in [6, 6.07) is 7.92. The first-order valence-corrected chi connectivity index (χ1v) is 8.82. The van der Waals surface area contributed by atoms with Crippen LogP contribution in [0.15, 0.2) is 24.3 Å². The van der Waals surface area contributed by atoms with Crippen LogP contribution >= 0.6 is 0 Å². The van der Waals surface area contributed by atoms with Crippen molar-refractivity contribution in [2.24, 2.45) is 5.92 Å². The molecule has 0 spiro atoms. The predicted molar refractivity (Wildman–Crippen MR) is 96.6 cm³/mol. The second kappa shape index (κ2) is 8.83. The molecule has 1 atom stereocenters. The van der Waals surface area contributed by atoms with Crippen molar-refractivity contribution < 1.29 is 9.59 Å². The number of carbonyl (C=O) groups is 2. The molecule has 1 unspecified atom stereocenters. The zero-order chi connectivity index (χ0) is 17.5. The lowest BCUT2D eigenvalue weighted by Crippen LogP contribution is -2.34. The molecule has 0 radical (unpaired) electrons. The highest BCUT2D eigenvalue weighted by atomic mass is 16.2. The summed E-state index contributed by atoms with van der Waals surface area (Å²) < 4.78 is 0. The van der Waals surface area contributed by atoms with Gasteiger partial charge in [-0.1, -0.05) is 12.1 Å². The summed E-state index contributed by atoms with van der Waals surface area (Å²) in [5.74, 6) is 0.776. The van der Waals surface area contributed by atoms with E-state index < -0.39 is 0 Å². The van der Waals surface area contributed by atoms with E-state index in [-0.39, 0.29) is 17.9 Å². The number of nitrogens with zero attached hydrogens (tertiary/aromatic N) is 1. The summed E-state index contributed by atoms with van der Waals surface area (Å²) >= 11 is 0. The largest absolute Gasteiger partial charge is 0.336 e. The second-order valence-corrected chi connectivity index (χ2v) is 6.88. The fourth-order valence-corrected chi connectivity index (χ4v) is 3.07. The first kappa shape index (κ1) is 18.5. The maximum Gasteiger partial charge on any atom is 0.224 e. The molecule has 5 nitrogen and oxygen atoms in total. The molecular formula is C19H29N3O2. The molecule has 1 aromatic carbocycles. The maximum atomic E-state index is 12.0. The Kier molecular flexibility index (Phi) is 6.79. The summed E-state index contributed by atoms with van der Waals surface area (Å²) in [7, 11) is 0. The monoisotopic (exact) mass is 331 g/mol. The normalized spacial score (nSPS) is 17.1. The molecule has 1 aliphatic heterocycles. The fourth-order valence-electron chi connectivity index (χ4n) is 3.07. The highest BCUT2D eigenvalue weighted by molar-refractivity contribution is 5.90. The highest BCUT2D eigenvalue weighted by Crippen LogP contribution is 2.16. The number of hydrogen-bond donors (Lipinski definition) is 2. The van der Waals surface area contributed by atoms with Crippen LogP contribution in [-0.2, 0) is 16.1 Å². The molecule has 1 fully saturated rings. The third-order valence-corrected chi connectivity index (χ3v) is 4.56. The van der Waals surface area contributed by atoms with Gasteiger partial charge in [0, 0.05) is 31.6 Å². The van der Waals surface area contributed by atoms with E-state index in [0.29, 0.717) is 18.9 Å². The molecule has 0 aromatic heterocycles. The van der Waals surface area contributed by atoms with Gasteiger partial charge in [0.25, 0.3) is 0 Å². The lowest BCUT2D eigenvalue weighted by atomic mass is 10.0. The Morgan fingerprint density at radius 3 is 2.54 bits per heavy atom. The highest BCUT2D eigenvalue weighted by Gasteiger charge is 2.16. The van der Waals surface area contributed by atoms with Crippen LogP contribution in [0.5, 0.6) is 0 Å². The van der Waals surface area contributed by atoms with Crippen molar-refractivity contribution in [1.29, 1.82) is 0 Å². The molecule has 2 rings (SSSR count). The zero-order valence-electron chi connectivity index (χ0n) is 15.0. The lowest BCUT2D eigenvalue weighted by molar-refractivity contribution is -0.131. The number of nitrogens with one attached hydrogen (secondary N) is 2. The molecule has 24 heavy (non-hydrogen) atoms. The van der Waals surface area contributed by atoms with Gasteiger partial charge in [0.2, 0.25) is 11.8 Å². The Balaban J connectivity index is 1.82. The van der Waals surface area contributed by atoms with Crippen LogP contribution in [0, 0.1) is 5.92 Å². The molecular weight excluding hydrogens is 302 g/mol. The zero-order valence-corrected chi connectivity index (χ0v) is 15.0. The summed E-state index contributed by atoms with van der Waals surface area (Å²) in [5, 5.41) is 6.28. The van der Waals surface area contributed by atoms with E-state index in [4.69, 9.17) is 0 Å². The summed E-state index contributed by atoms with van der Waals surface area (Å²) in [4.78, 5) is 25.5. The SMILES string of the molecule is CC(=O)N(Cc1ccc(NC(=O)CCC2CCNC2)cc1)C(C)C. The Bertz CT molecular complexity index is 548. The van der Waals surface area contributed by atoms with Crippen molar-refractivity contribution in [3.05, 3.63) is 29.8 Å². The fraction of sp³-hybridized carbons (Fsp3) is 0.579. The number of hydrogen-bond acceptors (Lipinski definition) is 3. The van der Waals surface area contributed by atoms with E-state index in [1.165, 1.54) is 6.42 Å². The van der Waals surface area contributed by atoms with Crippen LogP contribution in [0.1, 0.15) is 45.6 Å². The van der Waals surface area contributed by atoms with Crippen LogP contribution in [-0.4, -0.2) is 35.8 Å². The Morgan fingerprint density at radius 1 is 1.29 bits per heavy atom. The molecule has 1 aliphatic rings. The van der Waals surface area contributed by atoms with Crippen molar-refractivity contribution in [3.8, 4) is 0 Å². The van der Waals surface area contributed by atoms with Crippen molar-refractivity contribution >= 4 is 17.5 Å². The minimum atomic E-state index is 0.0715. The summed E-state index contributed by atoms with van der Waals surface area (Å²) in [6.07, 6.45) is 2.68. The molecule has 0 saturated carbocycles. The molecule has 1 aromatic rings. The van der Waals surface area contributed by atoms with Crippen molar-refractivity contribution in [1.82, 2.24) is 10.2 Å². The van der Waals surface area contributed by atoms with Gasteiger partial charge in [-0.3, -0.25) is 9.59 Å². The number of rotatable bonds is 7. The number of anilines is 1. The van der Waals surface area contributed by atoms with E-state index in [1.54, 1.807) is 6.92 Å². The van der Waals surface area contributed by atoms with E-state index in [1.807, 2.05) is 43.0 Å². The van der Waals surface area contributed by atoms with E-state index in [0.717, 1.165) is 30.8 Å². The van der Waals surface area contributed by atoms with Gasteiger partial charge in [0.05, 0.1) is 0 Å². The van der Waals surface area contributed by atoms with Gasteiger partial charge >= 0.3 is 0 Å². The first-order valence-electron chi connectivity index (χ1n) is 8.82. The van der Waals surface area contributed by atoms with Crippen LogP contribution in [0.25, 0.3) is 0 Å². The van der Waals surface area contributed by atoms with E-state index in [2.05, 4.69) is 10.6 Å². The van der Waals surface area contributed by atoms with Gasteiger partial charge in [0.1, 0.15) is 0 Å². The van der Waals surface area contributed by atoms with E-state index in [9.17, 15) is 9.59 Å². The lowest BCUT2D eigenvalue weighted by Gasteiger charge is -2.25. The first-order chi connectivity index (χ1) is 11.5. The van der Waals surface area contributed by atoms with Gasteiger partial charge in [-0.15, -0.1) is 0 Å². The molecule has 5 heteroatoms. The molecule has 132 valence electrons. The Labute approximate surface area is 144 Å². The predicted octanol–water partition coefficient (Wildman–Crippen LogP) is 2.77. The number of benzene rings is 1. The molecule has 1 heterocycles. The third kappa shape index (κ3) is 5.64. The third-order valence-electron chi connectivity index (χ3n) is 4.56. The molecule has 0 bridgehead atoms. The van der Waals surface area contributed by atoms with Crippen molar-refractivity contribution in [2.75, 3.05) is 18.4 Å². The smallest absolute Gasteiger partial charge is 0.224 e. The van der Waals surface area contributed by atoms with Gasteiger partial charge in [-0.05, 0) is 63.4 Å². The molecule has 1 saturated heterocycles. The second-order valence-electron chi connectivity index (χ2n) is 6.88. The number of carbonyl (C=O) groups excluding carboxylic acids is 2. The van der Waals surface area contributed by atoms with Crippen LogP contribution < -0.4 is 10.6 Å². The topological polar surface area (TPSA) is 61.4 Å². The quantitative estimate of drug-likeness (QED) is 0.807. The average molecular weight is 331 g/mol. The average Bonchev–Trinajstić information content (AvgIpc) is 3.05. The van der Waals surface area contributed by atoms with Crippen molar-refractivity contribution in [3.63, 3.8) is 0 Å². The van der Waals surface area contributed by atoms with Gasteiger partial charge < -0.3 is 15.5 Å². The summed E-state index contributed by atoms with van der Waals surface area (Å²) in [6.45, 7) is 8.31. The molecule has 0 aliphatic carbocycles. The van der Waals surface area contributed by atoms with Gasteiger partial charge in [-0.2, -0.15) is 0 Å². The van der Waals surface area contributed by atoms with Gasteiger partial charge in [-0.25, -0.2) is 0 Å². The summed E-state index contributed by atoms with van der Waals surface area (Å²) in [5.41, 5.74) is 1.88. The minimum absolute atomic E-state index is 0.0715. The van der Waals surface area contributed by atoms with Gasteiger partial charge in [0.15, 0.2) is 0 Å². The molecule has 2 amide bonds. The molecule has 2 N–H and O–H groups in total. The van der Waals surface area contributed by atoms with Crippen LogP contribution in [0.4, 0.5) is 5.69 Å².